The van der Waals surface area contributed by atoms with Gasteiger partial charge in [0.15, 0.2) is 6.61 Å². The molecule has 0 aliphatic rings. The number of amides is 1. The zero-order chi connectivity index (χ0) is 20.1. The molecule has 0 heterocycles. The van der Waals surface area contributed by atoms with Gasteiger partial charge in [0, 0.05) is 12.2 Å². The third-order valence-corrected chi connectivity index (χ3v) is 5.04. The summed E-state index contributed by atoms with van der Waals surface area (Å²) >= 11 is 0. The lowest BCUT2D eigenvalue weighted by molar-refractivity contribution is -0.123. The normalized spacial score (nSPS) is 11.7. The number of para-hydroxylation sites is 1. The van der Waals surface area contributed by atoms with Crippen LogP contribution in [0, 0.1) is 12.3 Å². The van der Waals surface area contributed by atoms with E-state index in [9.17, 15) is 13.2 Å². The van der Waals surface area contributed by atoms with E-state index < -0.39 is 10.0 Å². The number of ether oxygens (including phenoxy) is 1. The molecule has 0 radical (unpaired) electrons. The number of carbonyl (C=O) groups excluding carboxylic acids is 1. The van der Waals surface area contributed by atoms with Gasteiger partial charge in [0.05, 0.1) is 4.90 Å². The molecule has 0 bridgehead atoms. The van der Waals surface area contributed by atoms with Crippen LogP contribution in [0.15, 0.2) is 53.4 Å². The summed E-state index contributed by atoms with van der Waals surface area (Å²) < 4.78 is 33.0. The van der Waals surface area contributed by atoms with E-state index in [0.717, 1.165) is 0 Å². The first-order valence-corrected chi connectivity index (χ1v) is 10.1. The maximum Gasteiger partial charge on any atom is 0.261 e. The molecule has 2 aromatic carbocycles. The summed E-state index contributed by atoms with van der Waals surface area (Å²) in [5.41, 5.74) is 1.12. The fourth-order valence-electron chi connectivity index (χ4n) is 2.23. The molecule has 6 nitrogen and oxygen atoms in total. The van der Waals surface area contributed by atoms with Gasteiger partial charge in [-0.05, 0) is 48.2 Å². The Bertz CT molecular complexity index is 888. The van der Waals surface area contributed by atoms with Gasteiger partial charge in [-0.2, -0.15) is 0 Å². The number of benzene rings is 2. The molecule has 0 fully saturated rings. The molecule has 0 aliphatic heterocycles. The third-order valence-electron chi connectivity index (χ3n) is 3.66. The topological polar surface area (TPSA) is 84.5 Å². The summed E-state index contributed by atoms with van der Waals surface area (Å²) in [5, 5.41) is 2.81. The largest absolute Gasteiger partial charge is 0.484 e. The summed E-state index contributed by atoms with van der Waals surface area (Å²) in [6.07, 6.45) is 0. The van der Waals surface area contributed by atoms with Gasteiger partial charge in [-0.15, -0.1) is 0 Å². The van der Waals surface area contributed by atoms with E-state index >= 15 is 0 Å². The summed E-state index contributed by atoms with van der Waals surface area (Å²) in [7, 11) is -3.69. The highest BCUT2D eigenvalue weighted by Crippen LogP contribution is 2.23. The molecule has 0 aromatic heterocycles. The summed E-state index contributed by atoms with van der Waals surface area (Å²) in [6.45, 7) is 8.26. The Morgan fingerprint density at radius 1 is 1.07 bits per heavy atom. The van der Waals surface area contributed by atoms with Gasteiger partial charge in [-0.3, -0.25) is 9.52 Å². The van der Waals surface area contributed by atoms with E-state index in [2.05, 4.69) is 10.0 Å². The van der Waals surface area contributed by atoms with Gasteiger partial charge >= 0.3 is 0 Å². The molecule has 27 heavy (non-hydrogen) atoms. The molecule has 2 aromatic rings. The molecule has 2 rings (SSSR count). The molecule has 2 N–H and O–H groups in total. The van der Waals surface area contributed by atoms with E-state index in [-0.39, 0.29) is 22.8 Å². The number of hydrogen-bond acceptors (Lipinski definition) is 4. The standard InChI is InChI=1S/C20H26N2O4S/c1-15-12-17(27(24,25)22-16-8-6-5-7-9-16)10-11-18(15)26-13-19(23)21-14-20(2,3)4/h5-12,22H,13-14H2,1-4H3,(H,21,23). The summed E-state index contributed by atoms with van der Waals surface area (Å²) in [5.74, 6) is 0.256. The zero-order valence-corrected chi connectivity index (χ0v) is 16.9. The van der Waals surface area contributed by atoms with Crippen LogP contribution in [0.2, 0.25) is 0 Å². The van der Waals surface area contributed by atoms with Gasteiger partial charge in [-0.1, -0.05) is 39.0 Å². The second-order valence-corrected chi connectivity index (χ2v) is 9.21. The van der Waals surface area contributed by atoms with Crippen molar-refractivity contribution in [2.45, 2.75) is 32.6 Å². The molecule has 0 spiro atoms. The average Bonchev–Trinajstić information content (AvgIpc) is 2.58. The highest BCUT2D eigenvalue weighted by molar-refractivity contribution is 7.92. The Balaban J connectivity index is 2.01. The quantitative estimate of drug-likeness (QED) is 0.759. The number of carbonyl (C=O) groups is 1. The average molecular weight is 391 g/mol. The predicted molar refractivity (Wildman–Crippen MR) is 106 cm³/mol. The van der Waals surface area contributed by atoms with E-state index in [1.165, 1.54) is 12.1 Å². The first-order chi connectivity index (χ1) is 12.6. The van der Waals surface area contributed by atoms with Crippen LogP contribution < -0.4 is 14.8 Å². The number of anilines is 1. The summed E-state index contributed by atoms with van der Waals surface area (Å²) in [6, 6.07) is 13.2. The minimum absolute atomic E-state index is 0.00661. The minimum Gasteiger partial charge on any atom is -0.484 e. The lowest BCUT2D eigenvalue weighted by Gasteiger charge is -2.19. The van der Waals surface area contributed by atoms with Crippen molar-refractivity contribution in [1.82, 2.24) is 5.32 Å². The zero-order valence-electron chi connectivity index (χ0n) is 16.1. The molecule has 7 heteroatoms. The van der Waals surface area contributed by atoms with Crippen LogP contribution in [0.5, 0.6) is 5.75 Å². The lowest BCUT2D eigenvalue weighted by atomic mass is 9.97. The Kier molecular flexibility index (Phi) is 6.49. The second kappa shape index (κ2) is 8.43. The van der Waals surface area contributed by atoms with Crippen molar-refractivity contribution in [3.8, 4) is 5.75 Å². The van der Waals surface area contributed by atoms with E-state index in [4.69, 9.17) is 4.74 Å². The molecular weight excluding hydrogens is 364 g/mol. The van der Waals surface area contributed by atoms with Gasteiger partial charge < -0.3 is 10.1 Å². The van der Waals surface area contributed by atoms with Crippen molar-refractivity contribution >= 4 is 21.6 Å². The fourth-order valence-corrected chi connectivity index (χ4v) is 3.37. The number of aryl methyl sites for hydroxylation is 1. The first kappa shape index (κ1) is 20.8. The van der Waals surface area contributed by atoms with Gasteiger partial charge in [-0.25, -0.2) is 8.42 Å². The second-order valence-electron chi connectivity index (χ2n) is 7.52. The Morgan fingerprint density at radius 2 is 1.74 bits per heavy atom. The van der Waals surface area contributed by atoms with Crippen LogP contribution in [0.4, 0.5) is 5.69 Å². The smallest absolute Gasteiger partial charge is 0.261 e. The number of sulfonamides is 1. The summed E-state index contributed by atoms with van der Waals surface area (Å²) in [4.78, 5) is 12.0. The van der Waals surface area contributed by atoms with Crippen molar-refractivity contribution in [3.05, 3.63) is 54.1 Å². The minimum atomic E-state index is -3.69. The van der Waals surface area contributed by atoms with Crippen LogP contribution in [0.1, 0.15) is 26.3 Å². The maximum atomic E-state index is 12.5. The molecule has 0 aliphatic carbocycles. The van der Waals surface area contributed by atoms with E-state index in [0.29, 0.717) is 23.5 Å². The van der Waals surface area contributed by atoms with E-state index in [1.807, 2.05) is 26.8 Å². The number of rotatable bonds is 7. The van der Waals surface area contributed by atoms with Crippen molar-refractivity contribution < 1.29 is 17.9 Å². The third kappa shape index (κ3) is 6.60. The molecule has 0 unspecified atom stereocenters. The van der Waals surface area contributed by atoms with Crippen LogP contribution in [0.25, 0.3) is 0 Å². The lowest BCUT2D eigenvalue weighted by Crippen LogP contribution is -2.35. The fraction of sp³-hybridized carbons (Fsp3) is 0.350. The molecule has 146 valence electrons. The van der Waals surface area contributed by atoms with Gasteiger partial charge in [0.1, 0.15) is 5.75 Å². The van der Waals surface area contributed by atoms with Crippen molar-refractivity contribution in [3.63, 3.8) is 0 Å². The van der Waals surface area contributed by atoms with Crippen molar-refractivity contribution in [2.75, 3.05) is 17.9 Å². The van der Waals surface area contributed by atoms with Crippen LogP contribution in [-0.2, 0) is 14.8 Å². The van der Waals surface area contributed by atoms with Crippen LogP contribution in [0.3, 0.4) is 0 Å². The first-order valence-electron chi connectivity index (χ1n) is 8.65. The number of nitrogens with one attached hydrogen (secondary N) is 2. The molecule has 1 amide bonds. The predicted octanol–water partition coefficient (Wildman–Crippen LogP) is 3.34. The Labute approximate surface area is 161 Å². The highest BCUT2D eigenvalue weighted by Gasteiger charge is 2.16. The van der Waals surface area contributed by atoms with Crippen molar-refractivity contribution in [2.24, 2.45) is 5.41 Å². The maximum absolute atomic E-state index is 12.5. The van der Waals surface area contributed by atoms with Gasteiger partial charge in [0.2, 0.25) is 0 Å². The van der Waals surface area contributed by atoms with Crippen LogP contribution in [-0.4, -0.2) is 27.5 Å². The monoisotopic (exact) mass is 390 g/mol. The van der Waals surface area contributed by atoms with Crippen LogP contribution >= 0.6 is 0 Å². The molecule has 0 saturated carbocycles. The van der Waals surface area contributed by atoms with Crippen molar-refractivity contribution in [1.29, 1.82) is 0 Å². The van der Waals surface area contributed by atoms with Gasteiger partial charge in [0.25, 0.3) is 15.9 Å². The molecule has 0 saturated heterocycles. The SMILES string of the molecule is Cc1cc(S(=O)(=O)Nc2ccccc2)ccc1OCC(=O)NCC(C)(C)C. The van der Waals surface area contributed by atoms with E-state index in [1.54, 1.807) is 37.3 Å². The number of hydrogen-bond donors (Lipinski definition) is 2. The Hall–Kier alpha value is -2.54. The Morgan fingerprint density at radius 3 is 2.33 bits per heavy atom. The molecular formula is C20H26N2O4S. The molecule has 0 atom stereocenters. The highest BCUT2D eigenvalue weighted by atomic mass is 32.2.